The number of nitrogens with zero attached hydrogens (tertiary/aromatic N) is 2. The predicted octanol–water partition coefficient (Wildman–Crippen LogP) is 4.06. The van der Waals surface area contributed by atoms with E-state index in [1.165, 1.54) is 24.2 Å². The van der Waals surface area contributed by atoms with Gasteiger partial charge in [-0.1, -0.05) is 36.7 Å². The minimum atomic E-state index is 0.0164. The van der Waals surface area contributed by atoms with Crippen LogP contribution in [0.2, 0.25) is 5.02 Å². The molecular formula is C18H22ClN3OS. The number of thiazole rings is 1. The average Bonchev–Trinajstić information content (AvgIpc) is 2.96. The van der Waals surface area contributed by atoms with Gasteiger partial charge in [-0.3, -0.25) is 9.69 Å². The van der Waals surface area contributed by atoms with Crippen LogP contribution in [-0.2, 0) is 11.2 Å². The van der Waals surface area contributed by atoms with E-state index < -0.39 is 0 Å². The molecule has 0 saturated carbocycles. The molecule has 1 saturated heterocycles. The minimum absolute atomic E-state index is 0.0164. The van der Waals surface area contributed by atoms with Crippen molar-refractivity contribution in [2.75, 3.05) is 25.0 Å². The summed E-state index contributed by atoms with van der Waals surface area (Å²) in [5.41, 5.74) is 1.07. The van der Waals surface area contributed by atoms with Gasteiger partial charge in [0, 0.05) is 29.1 Å². The fraction of sp³-hybridized carbons (Fsp3) is 0.444. The molecule has 4 nitrogen and oxygen atoms in total. The molecule has 0 unspecified atom stereocenters. The SMILES string of the molecule is C[C@@H]1CCCN(CC(=O)Nc2ncc(Cc3ccccc3Cl)s2)C1. The summed E-state index contributed by atoms with van der Waals surface area (Å²) in [4.78, 5) is 19.8. The normalized spacial score (nSPS) is 18.5. The van der Waals surface area contributed by atoms with Crippen molar-refractivity contribution in [1.29, 1.82) is 0 Å². The Balaban J connectivity index is 1.54. The molecule has 2 heterocycles. The summed E-state index contributed by atoms with van der Waals surface area (Å²) in [6, 6.07) is 7.80. The number of anilines is 1. The molecule has 0 radical (unpaired) electrons. The van der Waals surface area contributed by atoms with E-state index in [-0.39, 0.29) is 5.91 Å². The molecule has 1 aromatic heterocycles. The molecule has 24 heavy (non-hydrogen) atoms. The Morgan fingerprint density at radius 1 is 1.46 bits per heavy atom. The third kappa shape index (κ3) is 4.79. The Morgan fingerprint density at radius 3 is 3.08 bits per heavy atom. The Morgan fingerprint density at radius 2 is 2.29 bits per heavy atom. The first-order valence-electron chi connectivity index (χ1n) is 8.30. The zero-order chi connectivity index (χ0) is 16.9. The van der Waals surface area contributed by atoms with Crippen LogP contribution in [0.5, 0.6) is 0 Å². The van der Waals surface area contributed by atoms with Gasteiger partial charge in [-0.15, -0.1) is 11.3 Å². The highest BCUT2D eigenvalue weighted by Crippen LogP contribution is 2.24. The lowest BCUT2D eigenvalue weighted by Crippen LogP contribution is -2.39. The summed E-state index contributed by atoms with van der Waals surface area (Å²) < 4.78 is 0. The molecule has 0 aliphatic carbocycles. The number of nitrogens with one attached hydrogen (secondary N) is 1. The number of halogens is 1. The molecule has 1 aliphatic heterocycles. The first kappa shape index (κ1) is 17.4. The molecule has 1 aromatic carbocycles. The molecule has 0 bridgehead atoms. The maximum Gasteiger partial charge on any atom is 0.240 e. The Hall–Kier alpha value is -1.43. The summed E-state index contributed by atoms with van der Waals surface area (Å²) in [5, 5.41) is 4.34. The molecule has 1 atom stereocenters. The van der Waals surface area contributed by atoms with E-state index in [9.17, 15) is 4.79 Å². The Bertz CT molecular complexity index is 703. The number of hydrogen-bond donors (Lipinski definition) is 1. The predicted molar refractivity (Wildman–Crippen MR) is 99.8 cm³/mol. The van der Waals surface area contributed by atoms with Crippen molar-refractivity contribution >= 4 is 34.0 Å². The zero-order valence-electron chi connectivity index (χ0n) is 13.8. The van der Waals surface area contributed by atoms with Crippen LogP contribution in [0, 0.1) is 5.92 Å². The molecule has 6 heteroatoms. The van der Waals surface area contributed by atoms with Gasteiger partial charge in [0.15, 0.2) is 5.13 Å². The number of carbonyl (C=O) groups excluding carboxylic acids is 1. The average molecular weight is 364 g/mol. The number of likely N-dealkylation sites (tertiary alicyclic amines) is 1. The van der Waals surface area contributed by atoms with E-state index in [4.69, 9.17) is 11.6 Å². The van der Waals surface area contributed by atoms with Crippen LogP contribution >= 0.6 is 22.9 Å². The summed E-state index contributed by atoms with van der Waals surface area (Å²) in [5.74, 6) is 0.691. The molecule has 1 N–H and O–H groups in total. The molecule has 2 aromatic rings. The molecule has 1 aliphatic rings. The van der Waals surface area contributed by atoms with Crippen LogP contribution in [0.1, 0.15) is 30.2 Å². The smallest absolute Gasteiger partial charge is 0.240 e. The lowest BCUT2D eigenvalue weighted by atomic mass is 10.0. The van der Waals surface area contributed by atoms with Gasteiger partial charge in [0.05, 0.1) is 6.54 Å². The second-order valence-corrected chi connectivity index (χ2v) is 7.95. The van der Waals surface area contributed by atoms with Gasteiger partial charge >= 0.3 is 0 Å². The van der Waals surface area contributed by atoms with Crippen molar-refractivity contribution in [1.82, 2.24) is 9.88 Å². The molecule has 1 fully saturated rings. The minimum Gasteiger partial charge on any atom is -0.301 e. The van der Waals surface area contributed by atoms with Gasteiger partial charge in [0.1, 0.15) is 0 Å². The highest BCUT2D eigenvalue weighted by atomic mass is 35.5. The van der Waals surface area contributed by atoms with Gasteiger partial charge in [-0.05, 0) is 36.9 Å². The van der Waals surface area contributed by atoms with E-state index in [1.54, 1.807) is 0 Å². The number of carbonyl (C=O) groups is 1. The first-order chi connectivity index (χ1) is 11.6. The van der Waals surface area contributed by atoms with Crippen LogP contribution in [-0.4, -0.2) is 35.4 Å². The maximum atomic E-state index is 12.2. The Kier molecular flexibility index (Phi) is 5.87. The largest absolute Gasteiger partial charge is 0.301 e. The van der Waals surface area contributed by atoms with E-state index in [0.29, 0.717) is 17.6 Å². The van der Waals surface area contributed by atoms with Gasteiger partial charge < -0.3 is 5.32 Å². The van der Waals surface area contributed by atoms with E-state index in [2.05, 4.69) is 22.1 Å². The van der Waals surface area contributed by atoms with E-state index in [1.807, 2.05) is 30.5 Å². The number of aromatic nitrogens is 1. The van der Waals surface area contributed by atoms with Crippen molar-refractivity contribution in [2.24, 2.45) is 5.92 Å². The second kappa shape index (κ2) is 8.10. The first-order valence-corrected chi connectivity index (χ1v) is 9.50. The number of piperidine rings is 1. The standard InChI is InChI=1S/C18H22ClN3OS/c1-13-5-4-8-22(11-13)12-17(23)21-18-20-10-15(24-18)9-14-6-2-3-7-16(14)19/h2-3,6-7,10,13H,4-5,8-9,11-12H2,1H3,(H,20,21,23)/t13-/m1/s1. The molecule has 3 rings (SSSR count). The van der Waals surface area contributed by atoms with Gasteiger partial charge in [0.25, 0.3) is 0 Å². The number of rotatable bonds is 5. The number of benzene rings is 1. The molecule has 1 amide bonds. The van der Waals surface area contributed by atoms with E-state index in [0.717, 1.165) is 35.0 Å². The summed E-state index contributed by atoms with van der Waals surface area (Å²) >= 11 is 7.70. The van der Waals surface area contributed by atoms with E-state index >= 15 is 0 Å². The lowest BCUT2D eigenvalue weighted by molar-refractivity contribution is -0.117. The Labute approximate surface area is 151 Å². The molecule has 0 spiro atoms. The van der Waals surface area contributed by atoms with Gasteiger partial charge in [-0.2, -0.15) is 0 Å². The fourth-order valence-corrected chi connectivity index (χ4v) is 4.12. The van der Waals surface area contributed by atoms with Crippen molar-refractivity contribution in [2.45, 2.75) is 26.2 Å². The topological polar surface area (TPSA) is 45.2 Å². The highest BCUT2D eigenvalue weighted by Gasteiger charge is 2.19. The highest BCUT2D eigenvalue weighted by molar-refractivity contribution is 7.15. The molecule has 128 valence electrons. The van der Waals surface area contributed by atoms with Crippen LogP contribution in [0.15, 0.2) is 30.5 Å². The monoisotopic (exact) mass is 363 g/mol. The third-order valence-corrected chi connectivity index (χ3v) is 5.51. The third-order valence-electron chi connectivity index (χ3n) is 4.23. The summed E-state index contributed by atoms with van der Waals surface area (Å²) in [7, 11) is 0. The van der Waals surface area contributed by atoms with Crippen LogP contribution < -0.4 is 5.32 Å². The summed E-state index contributed by atoms with van der Waals surface area (Å²) in [6.07, 6.45) is 4.98. The van der Waals surface area contributed by atoms with Crippen LogP contribution in [0.4, 0.5) is 5.13 Å². The van der Waals surface area contributed by atoms with Crippen LogP contribution in [0.3, 0.4) is 0 Å². The fourth-order valence-electron chi connectivity index (χ4n) is 3.07. The van der Waals surface area contributed by atoms with Crippen molar-refractivity contribution in [3.05, 3.63) is 45.9 Å². The van der Waals surface area contributed by atoms with Gasteiger partial charge in [-0.25, -0.2) is 4.98 Å². The quantitative estimate of drug-likeness (QED) is 0.871. The van der Waals surface area contributed by atoms with Crippen molar-refractivity contribution in [3.8, 4) is 0 Å². The lowest BCUT2D eigenvalue weighted by Gasteiger charge is -2.29. The van der Waals surface area contributed by atoms with Gasteiger partial charge in [0.2, 0.25) is 5.91 Å². The van der Waals surface area contributed by atoms with Crippen molar-refractivity contribution < 1.29 is 4.79 Å². The second-order valence-electron chi connectivity index (χ2n) is 6.43. The summed E-state index contributed by atoms with van der Waals surface area (Å²) in [6.45, 7) is 4.70. The number of hydrogen-bond acceptors (Lipinski definition) is 4. The van der Waals surface area contributed by atoms with Crippen LogP contribution in [0.25, 0.3) is 0 Å². The van der Waals surface area contributed by atoms with Crippen molar-refractivity contribution in [3.63, 3.8) is 0 Å². The number of amides is 1. The molecular weight excluding hydrogens is 342 g/mol. The zero-order valence-corrected chi connectivity index (χ0v) is 15.4. The maximum absolute atomic E-state index is 12.2.